The fourth-order valence-electron chi connectivity index (χ4n) is 3.01. The Hall–Kier alpha value is -3.46. The van der Waals surface area contributed by atoms with E-state index in [0.717, 1.165) is 27.7 Å². The molecule has 0 aliphatic carbocycles. The Morgan fingerprint density at radius 2 is 1.67 bits per heavy atom. The number of nitrogens with zero attached hydrogens (tertiary/aromatic N) is 3. The number of carbonyl (C=O) groups is 2. The number of fused-ring (bicyclic) bond motifs is 1. The van der Waals surface area contributed by atoms with Crippen LogP contribution in [0.4, 0.5) is 11.5 Å². The molecule has 3 N–H and O–H groups in total. The summed E-state index contributed by atoms with van der Waals surface area (Å²) in [5.74, 6) is -1.76. The van der Waals surface area contributed by atoms with Crippen molar-refractivity contribution in [2.75, 3.05) is 5.32 Å². The van der Waals surface area contributed by atoms with Crippen LogP contribution in [0.5, 0.6) is 5.88 Å². The molecule has 170 valence electrons. The van der Waals surface area contributed by atoms with Crippen molar-refractivity contribution in [1.82, 2.24) is 15.2 Å². The summed E-state index contributed by atoms with van der Waals surface area (Å²) in [6.45, 7) is 0. The fourth-order valence-corrected chi connectivity index (χ4v) is 3.13. The molecule has 2 heterocycles. The summed E-state index contributed by atoms with van der Waals surface area (Å²) in [7, 11) is 0. The molecule has 0 aliphatic rings. The molecule has 2 aromatic carbocycles. The van der Waals surface area contributed by atoms with Crippen LogP contribution in [0, 0.1) is 0 Å². The Kier molecular flexibility index (Phi) is 8.93. The third-order valence-electron chi connectivity index (χ3n) is 4.44. The van der Waals surface area contributed by atoms with E-state index in [1.807, 2.05) is 36.4 Å². The SMILES string of the molecule is Cl.Cl.NC(=O)C(=O)Oc1cc(Cc2nnc(Nc3ccc(Cl)cc3)c3ccccc23)ccn1. The number of halogens is 3. The average Bonchev–Trinajstić information content (AvgIpc) is 2.77. The van der Waals surface area contributed by atoms with Gasteiger partial charge in [0.2, 0.25) is 5.88 Å². The number of hydrogen-bond donors (Lipinski definition) is 2. The molecule has 0 radical (unpaired) electrons. The lowest BCUT2D eigenvalue weighted by atomic mass is 10.0. The second kappa shape index (κ2) is 11.4. The third kappa shape index (κ3) is 6.29. The van der Waals surface area contributed by atoms with Crippen molar-refractivity contribution in [3.05, 3.63) is 83.1 Å². The highest BCUT2D eigenvalue weighted by Gasteiger charge is 2.14. The van der Waals surface area contributed by atoms with Crippen LogP contribution < -0.4 is 15.8 Å². The first-order chi connectivity index (χ1) is 15.0. The predicted octanol–water partition coefficient (Wildman–Crippen LogP) is 4.25. The van der Waals surface area contributed by atoms with E-state index < -0.39 is 11.9 Å². The molecule has 0 aliphatic heterocycles. The number of amides is 1. The van der Waals surface area contributed by atoms with Crippen molar-refractivity contribution < 1.29 is 14.3 Å². The summed E-state index contributed by atoms with van der Waals surface area (Å²) in [6, 6.07) is 18.4. The molecule has 4 rings (SSSR count). The lowest BCUT2D eigenvalue weighted by Gasteiger charge is -2.11. The first kappa shape index (κ1) is 25.8. The van der Waals surface area contributed by atoms with Gasteiger partial charge < -0.3 is 15.8 Å². The van der Waals surface area contributed by atoms with Crippen LogP contribution in [0.3, 0.4) is 0 Å². The van der Waals surface area contributed by atoms with Gasteiger partial charge in [-0.25, -0.2) is 9.78 Å². The molecule has 0 atom stereocenters. The zero-order chi connectivity index (χ0) is 21.8. The number of anilines is 2. The highest BCUT2D eigenvalue weighted by Crippen LogP contribution is 2.27. The summed E-state index contributed by atoms with van der Waals surface area (Å²) < 4.78 is 4.86. The Morgan fingerprint density at radius 1 is 0.970 bits per heavy atom. The van der Waals surface area contributed by atoms with Gasteiger partial charge in [-0.2, -0.15) is 5.10 Å². The molecule has 11 heteroatoms. The van der Waals surface area contributed by atoms with E-state index in [2.05, 4.69) is 20.5 Å². The van der Waals surface area contributed by atoms with Crippen molar-refractivity contribution in [2.24, 2.45) is 5.73 Å². The summed E-state index contributed by atoms with van der Waals surface area (Å²) in [5, 5.41) is 14.5. The zero-order valence-corrected chi connectivity index (χ0v) is 19.3. The second-order valence-corrected chi connectivity index (χ2v) is 7.04. The van der Waals surface area contributed by atoms with Crippen molar-refractivity contribution in [3.63, 3.8) is 0 Å². The number of benzene rings is 2. The first-order valence-corrected chi connectivity index (χ1v) is 9.61. The van der Waals surface area contributed by atoms with E-state index in [9.17, 15) is 9.59 Å². The number of rotatable bonds is 5. The molecule has 4 aromatic rings. The Balaban J connectivity index is 0.00000193. The monoisotopic (exact) mass is 505 g/mol. The number of hydrogen-bond acceptors (Lipinski definition) is 7. The van der Waals surface area contributed by atoms with Gasteiger partial charge in [-0.3, -0.25) is 4.79 Å². The summed E-state index contributed by atoms with van der Waals surface area (Å²) in [5.41, 5.74) is 7.26. The minimum absolute atomic E-state index is 0. The molecule has 0 fully saturated rings. The van der Waals surface area contributed by atoms with Gasteiger partial charge in [-0.05, 0) is 35.9 Å². The van der Waals surface area contributed by atoms with Gasteiger partial charge in [0.05, 0.1) is 5.69 Å². The van der Waals surface area contributed by atoms with E-state index >= 15 is 0 Å². The van der Waals surface area contributed by atoms with Gasteiger partial charge in [0.1, 0.15) is 0 Å². The lowest BCUT2D eigenvalue weighted by molar-refractivity contribution is -0.146. The predicted molar refractivity (Wildman–Crippen MR) is 131 cm³/mol. The van der Waals surface area contributed by atoms with Gasteiger partial charge in [0.25, 0.3) is 0 Å². The van der Waals surface area contributed by atoms with Crippen LogP contribution in [-0.4, -0.2) is 27.1 Å². The van der Waals surface area contributed by atoms with E-state index in [4.69, 9.17) is 22.1 Å². The lowest BCUT2D eigenvalue weighted by Crippen LogP contribution is -2.28. The normalized spacial score (nSPS) is 9.97. The summed E-state index contributed by atoms with van der Waals surface area (Å²) >= 11 is 5.95. The molecule has 0 saturated heterocycles. The van der Waals surface area contributed by atoms with Gasteiger partial charge in [0.15, 0.2) is 5.82 Å². The molecular formula is C22H18Cl3N5O3. The highest BCUT2D eigenvalue weighted by molar-refractivity contribution is 6.32. The topological polar surface area (TPSA) is 120 Å². The summed E-state index contributed by atoms with van der Waals surface area (Å²) in [4.78, 5) is 26.2. The molecule has 1 amide bonds. The standard InChI is InChI=1S/C22H16ClN5O3.2ClH/c23-14-5-7-15(8-6-14)26-21-17-4-2-1-3-16(17)18(27-28-21)11-13-9-10-25-19(12-13)31-22(30)20(24)29;;/h1-10,12H,11H2,(H2,24,29)(H,26,28);2*1H. The maximum Gasteiger partial charge on any atom is 0.403 e. The number of primary amides is 1. The maximum absolute atomic E-state index is 11.4. The van der Waals surface area contributed by atoms with Gasteiger partial charge in [-0.1, -0.05) is 35.9 Å². The number of ether oxygens (including phenoxy) is 1. The Bertz CT molecular complexity index is 1290. The maximum atomic E-state index is 11.4. The number of nitrogens with one attached hydrogen (secondary N) is 1. The number of carbonyl (C=O) groups excluding carboxylic acids is 2. The van der Waals surface area contributed by atoms with Crippen molar-refractivity contribution >= 4 is 70.6 Å². The van der Waals surface area contributed by atoms with Crippen molar-refractivity contribution in [1.29, 1.82) is 0 Å². The van der Waals surface area contributed by atoms with Crippen LogP contribution >= 0.6 is 36.4 Å². The zero-order valence-electron chi connectivity index (χ0n) is 16.9. The van der Waals surface area contributed by atoms with E-state index in [1.165, 1.54) is 6.20 Å². The Morgan fingerprint density at radius 3 is 2.36 bits per heavy atom. The van der Waals surface area contributed by atoms with Crippen LogP contribution in [-0.2, 0) is 16.0 Å². The molecule has 0 bridgehead atoms. The molecule has 0 saturated carbocycles. The number of esters is 1. The molecule has 0 spiro atoms. The highest BCUT2D eigenvalue weighted by atomic mass is 35.5. The van der Waals surface area contributed by atoms with Crippen LogP contribution in [0.2, 0.25) is 5.02 Å². The minimum Gasteiger partial charge on any atom is -0.400 e. The minimum atomic E-state index is -1.19. The second-order valence-electron chi connectivity index (χ2n) is 6.61. The Labute approximate surface area is 206 Å². The number of nitrogens with two attached hydrogens (primary N) is 1. The first-order valence-electron chi connectivity index (χ1n) is 9.23. The summed E-state index contributed by atoms with van der Waals surface area (Å²) in [6.07, 6.45) is 1.89. The molecule has 33 heavy (non-hydrogen) atoms. The molecule has 0 unspecified atom stereocenters. The molecular weight excluding hydrogens is 489 g/mol. The van der Waals surface area contributed by atoms with Gasteiger partial charge >= 0.3 is 11.9 Å². The quantitative estimate of drug-likeness (QED) is 0.307. The number of pyridine rings is 1. The van der Waals surface area contributed by atoms with Crippen LogP contribution in [0.15, 0.2) is 66.9 Å². The fraction of sp³-hybridized carbons (Fsp3) is 0.0455. The molecule has 8 nitrogen and oxygen atoms in total. The largest absolute Gasteiger partial charge is 0.403 e. The van der Waals surface area contributed by atoms with Gasteiger partial charge in [0, 0.05) is 40.2 Å². The van der Waals surface area contributed by atoms with E-state index in [-0.39, 0.29) is 30.7 Å². The van der Waals surface area contributed by atoms with Crippen LogP contribution in [0.1, 0.15) is 11.3 Å². The third-order valence-corrected chi connectivity index (χ3v) is 4.69. The molecule has 2 aromatic heterocycles. The smallest absolute Gasteiger partial charge is 0.400 e. The average molecular weight is 507 g/mol. The van der Waals surface area contributed by atoms with Crippen molar-refractivity contribution in [3.8, 4) is 5.88 Å². The van der Waals surface area contributed by atoms with E-state index in [1.54, 1.807) is 24.3 Å². The van der Waals surface area contributed by atoms with Crippen molar-refractivity contribution in [2.45, 2.75) is 6.42 Å². The van der Waals surface area contributed by atoms with E-state index in [0.29, 0.717) is 17.3 Å². The number of aromatic nitrogens is 3. The van der Waals surface area contributed by atoms with Gasteiger partial charge in [-0.15, -0.1) is 29.9 Å². The van der Waals surface area contributed by atoms with Crippen LogP contribution in [0.25, 0.3) is 10.8 Å².